The fourth-order valence-electron chi connectivity index (χ4n) is 1.13. The van der Waals surface area contributed by atoms with Gasteiger partial charge in [0.2, 0.25) is 0 Å². The molecule has 0 saturated carbocycles. The molecule has 0 saturated heterocycles. The van der Waals surface area contributed by atoms with Gasteiger partial charge in [0, 0.05) is 20.5 Å². The van der Waals surface area contributed by atoms with Gasteiger partial charge < -0.3 is 5.73 Å². The van der Waals surface area contributed by atoms with Gasteiger partial charge >= 0.3 is 0 Å². The molecule has 0 aliphatic heterocycles. The normalized spacial score (nSPS) is 10.2. The minimum Gasteiger partial charge on any atom is -0.397 e. The molecule has 0 atom stereocenters. The number of halogens is 1. The Balaban J connectivity index is 2.30. The molecule has 2 aromatic rings. The minimum atomic E-state index is 0.707. The summed E-state index contributed by atoms with van der Waals surface area (Å²) in [6, 6.07) is 9.97. The summed E-state index contributed by atoms with van der Waals surface area (Å²) in [6.45, 7) is 0. The summed E-state index contributed by atoms with van der Waals surface area (Å²) in [5.41, 5.74) is 6.53. The zero-order valence-electron chi connectivity index (χ0n) is 7.85. The van der Waals surface area contributed by atoms with Gasteiger partial charge in [0.15, 0.2) is 0 Å². The van der Waals surface area contributed by atoms with Crippen molar-refractivity contribution in [2.24, 2.45) is 0 Å². The van der Waals surface area contributed by atoms with Gasteiger partial charge in [-0.05, 0) is 34.1 Å². The smallest absolute Gasteiger partial charge is 0.0642 e. The van der Waals surface area contributed by atoms with Crippen molar-refractivity contribution in [1.82, 2.24) is 4.98 Å². The molecule has 0 spiro atoms. The van der Waals surface area contributed by atoms with Crippen molar-refractivity contribution in [3.8, 4) is 0 Å². The first-order valence-electron chi connectivity index (χ1n) is 4.39. The lowest BCUT2D eigenvalue weighted by Gasteiger charge is -2.05. The van der Waals surface area contributed by atoms with Crippen molar-refractivity contribution in [2.75, 3.05) is 5.73 Å². The van der Waals surface area contributed by atoms with Crippen molar-refractivity contribution < 1.29 is 0 Å². The Kier molecular flexibility index (Phi) is 3.28. The molecule has 2 nitrogen and oxygen atoms in total. The molecule has 0 unspecified atom stereocenters. The molecule has 2 N–H and O–H groups in total. The van der Waals surface area contributed by atoms with Gasteiger partial charge in [-0.25, -0.2) is 0 Å². The monoisotopic (exact) mass is 280 g/mol. The Labute approximate surface area is 101 Å². The highest BCUT2D eigenvalue weighted by atomic mass is 79.9. The topological polar surface area (TPSA) is 38.9 Å². The fourth-order valence-corrected chi connectivity index (χ4v) is 2.51. The lowest BCUT2D eigenvalue weighted by atomic mass is 10.4. The van der Waals surface area contributed by atoms with Gasteiger partial charge in [-0.1, -0.05) is 23.9 Å². The molecule has 1 aromatic heterocycles. The first-order valence-corrected chi connectivity index (χ1v) is 6.00. The highest BCUT2D eigenvalue weighted by Gasteiger charge is 2.03. The van der Waals surface area contributed by atoms with Crippen LogP contribution in [0.5, 0.6) is 0 Å². The number of hydrogen-bond donors (Lipinski definition) is 1. The number of nitrogens with zero attached hydrogens (tertiary/aromatic N) is 1. The van der Waals surface area contributed by atoms with Crippen LogP contribution in [0.15, 0.2) is 57.0 Å². The first-order chi connectivity index (χ1) is 7.27. The number of nitrogens with two attached hydrogens (primary N) is 1. The second kappa shape index (κ2) is 4.68. The van der Waals surface area contributed by atoms with Crippen molar-refractivity contribution in [3.05, 3.63) is 47.2 Å². The summed E-state index contributed by atoms with van der Waals surface area (Å²) in [7, 11) is 0. The van der Waals surface area contributed by atoms with Gasteiger partial charge in [0.1, 0.15) is 0 Å². The lowest BCUT2D eigenvalue weighted by Crippen LogP contribution is -1.89. The molecular weight excluding hydrogens is 272 g/mol. The van der Waals surface area contributed by atoms with Crippen LogP contribution in [0.2, 0.25) is 0 Å². The van der Waals surface area contributed by atoms with Crippen molar-refractivity contribution in [3.63, 3.8) is 0 Å². The summed E-state index contributed by atoms with van der Waals surface area (Å²) in [6.07, 6.45) is 3.41. The second-order valence-corrected chi connectivity index (χ2v) is 4.88. The largest absolute Gasteiger partial charge is 0.397 e. The highest BCUT2D eigenvalue weighted by molar-refractivity contribution is 9.10. The molecule has 15 heavy (non-hydrogen) atoms. The van der Waals surface area contributed by atoms with Crippen LogP contribution in [0.3, 0.4) is 0 Å². The van der Waals surface area contributed by atoms with Gasteiger partial charge in [-0.2, -0.15) is 0 Å². The molecule has 0 bridgehead atoms. The predicted octanol–water partition coefficient (Wildman–Crippen LogP) is 3.58. The molecule has 1 heterocycles. The standard InChI is InChI=1S/C11H9BrN2S/c12-8-3-1-2-4-10(8)15-11-5-6-14-7-9(11)13/h1-7H,13H2. The van der Waals surface area contributed by atoms with Crippen LogP contribution in [0.1, 0.15) is 0 Å². The number of benzene rings is 1. The van der Waals surface area contributed by atoms with Crippen molar-refractivity contribution in [2.45, 2.75) is 9.79 Å². The SMILES string of the molecule is Nc1cnccc1Sc1ccccc1Br. The molecule has 0 amide bonds. The van der Waals surface area contributed by atoms with E-state index in [-0.39, 0.29) is 0 Å². The van der Waals surface area contributed by atoms with E-state index >= 15 is 0 Å². The number of nitrogen functional groups attached to an aromatic ring is 1. The van der Waals surface area contributed by atoms with E-state index in [2.05, 4.69) is 27.0 Å². The number of rotatable bonds is 2. The molecule has 0 aliphatic carbocycles. The van der Waals surface area contributed by atoms with E-state index in [4.69, 9.17) is 5.73 Å². The maximum absolute atomic E-state index is 5.82. The van der Waals surface area contributed by atoms with Crippen LogP contribution >= 0.6 is 27.7 Å². The number of pyridine rings is 1. The van der Waals surface area contributed by atoms with E-state index in [1.165, 1.54) is 0 Å². The van der Waals surface area contributed by atoms with E-state index < -0.39 is 0 Å². The zero-order chi connectivity index (χ0) is 10.7. The quantitative estimate of drug-likeness (QED) is 0.914. The Morgan fingerprint density at radius 2 is 1.93 bits per heavy atom. The van der Waals surface area contributed by atoms with Crippen LogP contribution in [0.25, 0.3) is 0 Å². The number of aromatic nitrogens is 1. The Hall–Kier alpha value is -1.00. The van der Waals surface area contributed by atoms with Crippen molar-refractivity contribution in [1.29, 1.82) is 0 Å². The molecule has 0 fully saturated rings. The third kappa shape index (κ3) is 2.52. The van der Waals surface area contributed by atoms with Crippen LogP contribution in [-0.2, 0) is 0 Å². The summed E-state index contributed by atoms with van der Waals surface area (Å²) in [4.78, 5) is 6.13. The summed E-state index contributed by atoms with van der Waals surface area (Å²) < 4.78 is 1.08. The molecule has 1 aromatic carbocycles. The van der Waals surface area contributed by atoms with Gasteiger partial charge in [-0.15, -0.1) is 0 Å². The maximum Gasteiger partial charge on any atom is 0.0642 e. The van der Waals surface area contributed by atoms with E-state index in [1.807, 2.05) is 24.3 Å². The lowest BCUT2D eigenvalue weighted by molar-refractivity contribution is 1.26. The first kappa shape index (κ1) is 10.5. The Morgan fingerprint density at radius 3 is 2.67 bits per heavy atom. The third-order valence-corrected chi connectivity index (χ3v) is 3.99. The molecular formula is C11H9BrN2S. The molecule has 76 valence electrons. The number of anilines is 1. The van der Waals surface area contributed by atoms with E-state index in [1.54, 1.807) is 24.2 Å². The van der Waals surface area contributed by atoms with Crippen molar-refractivity contribution >= 4 is 33.4 Å². The highest BCUT2D eigenvalue weighted by Crippen LogP contribution is 2.35. The van der Waals surface area contributed by atoms with Gasteiger partial charge in [0.05, 0.1) is 11.9 Å². The molecule has 0 aliphatic rings. The summed E-state index contributed by atoms with van der Waals surface area (Å²) in [5.74, 6) is 0. The second-order valence-electron chi connectivity index (χ2n) is 2.95. The average molecular weight is 281 g/mol. The van der Waals surface area contributed by atoms with E-state index in [0.29, 0.717) is 5.69 Å². The molecule has 0 radical (unpaired) electrons. The Morgan fingerprint density at radius 1 is 1.13 bits per heavy atom. The third-order valence-electron chi connectivity index (χ3n) is 1.87. The Bertz CT molecular complexity index is 430. The van der Waals surface area contributed by atoms with Gasteiger partial charge in [-0.3, -0.25) is 4.98 Å². The summed E-state index contributed by atoms with van der Waals surface area (Å²) in [5, 5.41) is 0. The fraction of sp³-hybridized carbons (Fsp3) is 0. The summed E-state index contributed by atoms with van der Waals surface area (Å²) >= 11 is 5.13. The van der Waals surface area contributed by atoms with Crippen LogP contribution in [-0.4, -0.2) is 4.98 Å². The molecule has 4 heteroatoms. The van der Waals surface area contributed by atoms with E-state index in [0.717, 1.165) is 14.3 Å². The zero-order valence-corrected chi connectivity index (χ0v) is 10.3. The van der Waals surface area contributed by atoms with Crippen LogP contribution in [0.4, 0.5) is 5.69 Å². The van der Waals surface area contributed by atoms with Gasteiger partial charge in [0.25, 0.3) is 0 Å². The average Bonchev–Trinajstić information content (AvgIpc) is 2.24. The molecule has 2 rings (SSSR count). The van der Waals surface area contributed by atoms with Crippen LogP contribution < -0.4 is 5.73 Å². The number of hydrogen-bond acceptors (Lipinski definition) is 3. The van der Waals surface area contributed by atoms with E-state index in [9.17, 15) is 0 Å². The minimum absolute atomic E-state index is 0.707. The maximum atomic E-state index is 5.82. The predicted molar refractivity (Wildman–Crippen MR) is 66.9 cm³/mol. The van der Waals surface area contributed by atoms with Crippen LogP contribution in [0, 0.1) is 0 Å².